The lowest BCUT2D eigenvalue weighted by Gasteiger charge is -1.83. The Bertz CT molecular complexity index is 162. The second kappa shape index (κ2) is 2.27. The third-order valence-electron chi connectivity index (χ3n) is 1.42. The number of carbonyl (C=O) groups excluding carboxylic acids is 1. The Balaban J connectivity index is 2.62. The molecule has 9 heavy (non-hydrogen) atoms. The van der Waals surface area contributed by atoms with Crippen molar-refractivity contribution in [2.45, 2.75) is 19.4 Å². The van der Waals surface area contributed by atoms with Gasteiger partial charge in [-0.25, -0.2) is 4.79 Å². The molecule has 1 atom stereocenters. The zero-order valence-electron chi connectivity index (χ0n) is 5.37. The fraction of sp³-hybridized carbons (Fsp3) is 0.667. The van der Waals surface area contributed by atoms with Crippen LogP contribution in [0.15, 0.2) is 0 Å². The van der Waals surface area contributed by atoms with Gasteiger partial charge in [-0.1, -0.05) is 0 Å². The van der Waals surface area contributed by atoms with Crippen LogP contribution in [-0.2, 0) is 4.79 Å². The number of nitrogens with zero attached hydrogens (tertiary/aromatic N) is 1. The van der Waals surface area contributed by atoms with E-state index < -0.39 is 6.10 Å². The molecule has 1 aliphatic rings. The fourth-order valence-electron chi connectivity index (χ4n) is 0.891. The van der Waals surface area contributed by atoms with E-state index in [1.54, 1.807) is 6.21 Å². The molecule has 50 valence electrons. The predicted octanol–water partition coefficient (Wildman–Crippen LogP) is -0.619. The first-order valence-corrected chi connectivity index (χ1v) is 3.00. The number of carbonyl (C=O) groups is 1. The summed E-state index contributed by atoms with van der Waals surface area (Å²) in [7, 11) is 0. The molecule has 1 amide bonds. The predicted molar refractivity (Wildman–Crippen MR) is 32.5 cm³/mol. The zero-order chi connectivity index (χ0) is 6.85. The van der Waals surface area contributed by atoms with Crippen molar-refractivity contribution in [3.63, 3.8) is 0 Å². The molecule has 3 nitrogen and oxygen atoms in total. The number of amides is 1. The van der Waals surface area contributed by atoms with E-state index in [1.165, 1.54) is 11.5 Å². The van der Waals surface area contributed by atoms with Gasteiger partial charge in [-0.2, -0.15) is 4.58 Å². The standard InChI is InChI=1S/C6H10NO2/c1-5(8)7-3-2-6(9)4-7/h4,6,9H,2-3H2,1H3/q+1. The van der Waals surface area contributed by atoms with Crippen molar-refractivity contribution in [2.24, 2.45) is 0 Å². The number of hydrogen-bond acceptors (Lipinski definition) is 2. The third-order valence-corrected chi connectivity index (χ3v) is 1.42. The maximum absolute atomic E-state index is 10.6. The second-order valence-corrected chi connectivity index (χ2v) is 2.22. The van der Waals surface area contributed by atoms with Crippen LogP contribution < -0.4 is 0 Å². The van der Waals surface area contributed by atoms with Gasteiger partial charge in [0.15, 0.2) is 12.8 Å². The topological polar surface area (TPSA) is 40.3 Å². The molecule has 0 bridgehead atoms. The Kier molecular flexibility index (Phi) is 1.62. The zero-order valence-corrected chi connectivity index (χ0v) is 5.37. The molecule has 1 unspecified atom stereocenters. The molecule has 1 heterocycles. The highest BCUT2D eigenvalue weighted by Gasteiger charge is 2.22. The molecule has 1 N–H and O–H groups in total. The smallest absolute Gasteiger partial charge is 0.383 e. The molecule has 0 saturated heterocycles. The molecule has 0 spiro atoms. The normalized spacial score (nSPS) is 26.0. The SMILES string of the molecule is CC(=O)[N+]1=CC(O)CC1. The van der Waals surface area contributed by atoms with Crippen molar-refractivity contribution in [2.75, 3.05) is 6.54 Å². The van der Waals surface area contributed by atoms with Gasteiger partial charge < -0.3 is 5.11 Å². The van der Waals surface area contributed by atoms with Crippen LogP contribution in [0.3, 0.4) is 0 Å². The lowest BCUT2D eigenvalue weighted by molar-refractivity contribution is -0.435. The number of hydrogen-bond donors (Lipinski definition) is 1. The van der Waals surface area contributed by atoms with Gasteiger partial charge in [0.1, 0.15) is 6.10 Å². The summed E-state index contributed by atoms with van der Waals surface area (Å²) in [6.45, 7) is 2.16. The van der Waals surface area contributed by atoms with Crippen molar-refractivity contribution >= 4 is 12.1 Å². The molecule has 0 aromatic carbocycles. The lowest BCUT2D eigenvalue weighted by atomic mass is 10.3. The van der Waals surface area contributed by atoms with Crippen LogP contribution in [0.25, 0.3) is 0 Å². The minimum Gasteiger partial charge on any atom is -0.383 e. The maximum Gasteiger partial charge on any atom is 0.383 e. The van der Waals surface area contributed by atoms with E-state index in [0.717, 1.165) is 0 Å². The summed E-state index contributed by atoms with van der Waals surface area (Å²) in [5.74, 6) is 0.00606. The molecule has 1 aliphatic heterocycles. The van der Waals surface area contributed by atoms with Crippen LogP contribution in [0.4, 0.5) is 0 Å². The Morgan fingerprint density at radius 2 is 2.56 bits per heavy atom. The molecule has 0 aliphatic carbocycles. The van der Waals surface area contributed by atoms with Gasteiger partial charge in [0, 0.05) is 6.42 Å². The van der Waals surface area contributed by atoms with E-state index in [9.17, 15) is 4.79 Å². The molecule has 3 heteroatoms. The molecule has 0 fully saturated rings. The van der Waals surface area contributed by atoms with E-state index in [-0.39, 0.29) is 5.91 Å². The van der Waals surface area contributed by atoms with Crippen molar-refractivity contribution in [1.29, 1.82) is 0 Å². The second-order valence-electron chi connectivity index (χ2n) is 2.22. The highest BCUT2D eigenvalue weighted by Crippen LogP contribution is 1.97. The summed E-state index contributed by atoms with van der Waals surface area (Å²) in [5.41, 5.74) is 0. The molecular weight excluding hydrogens is 118 g/mol. The summed E-state index contributed by atoms with van der Waals surface area (Å²) in [5, 5.41) is 8.90. The summed E-state index contributed by atoms with van der Waals surface area (Å²) in [6.07, 6.45) is 1.83. The van der Waals surface area contributed by atoms with Crippen molar-refractivity contribution in [3.8, 4) is 0 Å². The van der Waals surface area contributed by atoms with Crippen molar-refractivity contribution in [3.05, 3.63) is 0 Å². The summed E-state index contributed by atoms with van der Waals surface area (Å²) in [6, 6.07) is 0. The van der Waals surface area contributed by atoms with Gasteiger partial charge in [0.25, 0.3) is 0 Å². The molecule has 1 rings (SSSR count). The summed E-state index contributed by atoms with van der Waals surface area (Å²) >= 11 is 0. The number of aliphatic hydroxyl groups excluding tert-OH is 1. The van der Waals surface area contributed by atoms with E-state index in [2.05, 4.69) is 0 Å². The van der Waals surface area contributed by atoms with Gasteiger partial charge in [0.05, 0.1) is 6.92 Å². The van der Waals surface area contributed by atoms with Crippen LogP contribution in [0.5, 0.6) is 0 Å². The van der Waals surface area contributed by atoms with E-state index in [1.807, 2.05) is 0 Å². The Labute approximate surface area is 53.6 Å². The summed E-state index contributed by atoms with van der Waals surface area (Å²) in [4.78, 5) is 10.6. The Hall–Kier alpha value is -0.700. The Morgan fingerprint density at radius 1 is 1.89 bits per heavy atom. The molecule has 0 aromatic rings. The van der Waals surface area contributed by atoms with Gasteiger partial charge in [0.2, 0.25) is 0 Å². The van der Waals surface area contributed by atoms with Crippen LogP contribution in [0.2, 0.25) is 0 Å². The van der Waals surface area contributed by atoms with Gasteiger partial charge in [-0.15, -0.1) is 0 Å². The maximum atomic E-state index is 10.6. The van der Waals surface area contributed by atoms with Crippen molar-refractivity contribution in [1.82, 2.24) is 0 Å². The van der Waals surface area contributed by atoms with Gasteiger partial charge in [-0.05, 0) is 0 Å². The van der Waals surface area contributed by atoms with Gasteiger partial charge in [-0.3, -0.25) is 0 Å². The quantitative estimate of drug-likeness (QED) is 0.442. The number of rotatable bonds is 0. The van der Waals surface area contributed by atoms with Crippen LogP contribution in [0.1, 0.15) is 13.3 Å². The van der Waals surface area contributed by atoms with Crippen LogP contribution >= 0.6 is 0 Å². The average molecular weight is 128 g/mol. The molecule has 0 aromatic heterocycles. The fourth-order valence-corrected chi connectivity index (χ4v) is 0.891. The summed E-state index contributed by atoms with van der Waals surface area (Å²) < 4.78 is 1.53. The highest BCUT2D eigenvalue weighted by atomic mass is 16.3. The first-order chi connectivity index (χ1) is 4.20. The lowest BCUT2D eigenvalue weighted by Crippen LogP contribution is -2.14. The van der Waals surface area contributed by atoms with E-state index in [0.29, 0.717) is 13.0 Å². The average Bonchev–Trinajstić information content (AvgIpc) is 2.14. The molecule has 0 saturated carbocycles. The molecular formula is C6H10NO2+. The van der Waals surface area contributed by atoms with Crippen molar-refractivity contribution < 1.29 is 14.5 Å². The minimum atomic E-state index is -0.408. The van der Waals surface area contributed by atoms with Crippen LogP contribution in [-0.4, -0.2) is 34.5 Å². The first kappa shape index (κ1) is 6.42. The minimum absolute atomic E-state index is 0.00606. The largest absolute Gasteiger partial charge is 0.383 e. The third kappa shape index (κ3) is 1.36. The Morgan fingerprint density at radius 3 is 2.78 bits per heavy atom. The monoisotopic (exact) mass is 128 g/mol. The van der Waals surface area contributed by atoms with E-state index in [4.69, 9.17) is 5.11 Å². The van der Waals surface area contributed by atoms with E-state index >= 15 is 0 Å². The van der Waals surface area contributed by atoms with Gasteiger partial charge >= 0.3 is 5.91 Å². The number of aliphatic hydroxyl groups is 1. The first-order valence-electron chi connectivity index (χ1n) is 3.00. The van der Waals surface area contributed by atoms with Crippen LogP contribution in [0, 0.1) is 0 Å². The highest BCUT2D eigenvalue weighted by molar-refractivity contribution is 5.72. The molecule has 0 radical (unpaired) electrons.